The zero-order valence-corrected chi connectivity index (χ0v) is 24.3. The van der Waals surface area contributed by atoms with Crippen LogP contribution in [0.15, 0.2) is 42.5 Å². The summed E-state index contributed by atoms with van der Waals surface area (Å²) in [5.74, 6) is -0.310. The van der Waals surface area contributed by atoms with Gasteiger partial charge >= 0.3 is 12.1 Å². The van der Waals surface area contributed by atoms with Crippen molar-refractivity contribution < 1.29 is 27.5 Å². The van der Waals surface area contributed by atoms with Gasteiger partial charge in [-0.15, -0.1) is 0 Å². The lowest BCUT2D eigenvalue weighted by atomic mass is 9.99. The molecule has 40 heavy (non-hydrogen) atoms. The van der Waals surface area contributed by atoms with Crippen molar-refractivity contribution >= 4 is 11.9 Å². The summed E-state index contributed by atoms with van der Waals surface area (Å²) < 4.78 is 45.5. The summed E-state index contributed by atoms with van der Waals surface area (Å²) in [5, 5.41) is 3.26. The van der Waals surface area contributed by atoms with Gasteiger partial charge in [0.1, 0.15) is 6.10 Å². The molecule has 0 spiro atoms. The minimum Gasteiger partial charge on any atom is -0.456 e. The standard InChI is InChI=1S/C31H44F3N3O3/c1-6-13-37(14-7-2)29(38)24-15-22(5)16-25(19-24)30(39)40-28(20-36-12-11-21(3)4)27(35)18-23-9-8-10-26(17-23)31(32,33)34/h8-10,15-17,19,21,27-28,36H,6-7,11-14,18,20,35H2,1-5H3/t27-,28+/m0/s1. The third kappa shape index (κ3) is 10.6. The second-order valence-electron chi connectivity index (χ2n) is 10.8. The van der Waals surface area contributed by atoms with E-state index < -0.39 is 29.9 Å². The number of esters is 1. The first-order valence-corrected chi connectivity index (χ1v) is 14.1. The summed E-state index contributed by atoms with van der Waals surface area (Å²) >= 11 is 0. The molecule has 2 aromatic rings. The Labute approximate surface area is 236 Å². The minimum atomic E-state index is -4.46. The number of aryl methyl sites for hydroxylation is 1. The number of hydrogen-bond acceptors (Lipinski definition) is 5. The van der Waals surface area contributed by atoms with Crippen LogP contribution in [0.25, 0.3) is 0 Å². The topological polar surface area (TPSA) is 84.7 Å². The van der Waals surface area contributed by atoms with Gasteiger partial charge in [-0.2, -0.15) is 13.2 Å². The maximum Gasteiger partial charge on any atom is 0.416 e. The van der Waals surface area contributed by atoms with Crippen LogP contribution in [0.5, 0.6) is 0 Å². The summed E-state index contributed by atoms with van der Waals surface area (Å²) in [6.07, 6.45) is -2.63. The van der Waals surface area contributed by atoms with E-state index in [-0.39, 0.29) is 24.4 Å². The van der Waals surface area contributed by atoms with Crippen LogP contribution >= 0.6 is 0 Å². The first kappa shape index (κ1) is 33.3. The van der Waals surface area contributed by atoms with Crippen LogP contribution < -0.4 is 11.1 Å². The average Bonchev–Trinajstić information content (AvgIpc) is 2.88. The van der Waals surface area contributed by atoms with Gasteiger partial charge in [-0.25, -0.2) is 4.79 Å². The van der Waals surface area contributed by atoms with E-state index >= 15 is 0 Å². The van der Waals surface area contributed by atoms with Crippen LogP contribution in [0.2, 0.25) is 0 Å². The molecule has 6 nitrogen and oxygen atoms in total. The summed E-state index contributed by atoms with van der Waals surface area (Å²) in [6, 6.07) is 9.20. The molecule has 0 aromatic heterocycles. The monoisotopic (exact) mass is 563 g/mol. The number of carbonyl (C=O) groups excluding carboxylic acids is 2. The molecule has 0 bridgehead atoms. The Morgan fingerprint density at radius 1 is 1.02 bits per heavy atom. The highest BCUT2D eigenvalue weighted by molar-refractivity contribution is 5.98. The van der Waals surface area contributed by atoms with E-state index in [0.717, 1.165) is 37.0 Å². The van der Waals surface area contributed by atoms with Crippen molar-refractivity contribution in [2.24, 2.45) is 11.7 Å². The largest absolute Gasteiger partial charge is 0.456 e. The lowest BCUT2D eigenvalue weighted by Gasteiger charge is -2.26. The lowest BCUT2D eigenvalue weighted by Crippen LogP contribution is -2.46. The van der Waals surface area contributed by atoms with Crippen molar-refractivity contribution in [1.82, 2.24) is 10.2 Å². The molecule has 0 radical (unpaired) electrons. The van der Waals surface area contributed by atoms with Crippen molar-refractivity contribution in [2.45, 2.75) is 78.6 Å². The minimum absolute atomic E-state index is 0.0915. The average molecular weight is 564 g/mol. The number of carbonyl (C=O) groups is 2. The number of halogens is 3. The van der Waals surface area contributed by atoms with Crippen molar-refractivity contribution in [3.63, 3.8) is 0 Å². The summed E-state index contributed by atoms with van der Waals surface area (Å²) in [6.45, 7) is 12.2. The van der Waals surface area contributed by atoms with E-state index in [4.69, 9.17) is 10.5 Å². The number of alkyl halides is 3. The Kier molecular flexibility index (Phi) is 13.1. The van der Waals surface area contributed by atoms with Gasteiger partial charge in [0.05, 0.1) is 11.1 Å². The van der Waals surface area contributed by atoms with Crippen molar-refractivity contribution in [2.75, 3.05) is 26.2 Å². The molecule has 0 saturated carbocycles. The van der Waals surface area contributed by atoms with Gasteiger partial charge in [0.15, 0.2) is 0 Å². The highest BCUT2D eigenvalue weighted by Crippen LogP contribution is 2.30. The summed E-state index contributed by atoms with van der Waals surface area (Å²) in [4.78, 5) is 28.3. The SMILES string of the molecule is CCCN(CCC)C(=O)c1cc(C)cc(C(=O)O[C@H](CNCCC(C)C)[C@@H](N)Cc2cccc(C(F)(F)F)c2)c1. The molecule has 0 aliphatic rings. The number of ether oxygens (including phenoxy) is 1. The number of amides is 1. The molecule has 2 atom stereocenters. The molecular weight excluding hydrogens is 519 g/mol. The molecule has 1 amide bonds. The Morgan fingerprint density at radius 3 is 2.27 bits per heavy atom. The van der Waals surface area contributed by atoms with E-state index in [0.29, 0.717) is 36.7 Å². The highest BCUT2D eigenvalue weighted by atomic mass is 19.4. The van der Waals surface area contributed by atoms with Gasteiger partial charge in [-0.3, -0.25) is 4.79 Å². The first-order chi connectivity index (χ1) is 18.8. The van der Waals surface area contributed by atoms with Crippen LogP contribution in [-0.4, -0.2) is 55.1 Å². The Hall–Kier alpha value is -2.91. The Bertz CT molecular complexity index is 1100. The molecule has 0 aliphatic carbocycles. The molecule has 0 heterocycles. The van der Waals surface area contributed by atoms with Gasteiger partial charge in [0, 0.05) is 31.2 Å². The van der Waals surface area contributed by atoms with Crippen LogP contribution in [0, 0.1) is 12.8 Å². The lowest BCUT2D eigenvalue weighted by molar-refractivity contribution is -0.137. The van der Waals surface area contributed by atoms with Gasteiger partial charge in [-0.05, 0) is 80.5 Å². The van der Waals surface area contributed by atoms with Gasteiger partial charge in [0.25, 0.3) is 5.91 Å². The maximum absolute atomic E-state index is 13.3. The smallest absolute Gasteiger partial charge is 0.416 e. The number of nitrogens with zero attached hydrogens (tertiary/aromatic N) is 1. The third-order valence-corrected chi connectivity index (χ3v) is 6.54. The Balaban J connectivity index is 2.26. The first-order valence-electron chi connectivity index (χ1n) is 14.1. The zero-order valence-electron chi connectivity index (χ0n) is 24.3. The van der Waals surface area contributed by atoms with Crippen LogP contribution in [-0.2, 0) is 17.3 Å². The van der Waals surface area contributed by atoms with E-state index in [1.54, 1.807) is 23.1 Å². The predicted octanol–water partition coefficient (Wildman–Crippen LogP) is 6.01. The molecule has 3 N–H and O–H groups in total. The number of nitrogens with two attached hydrogens (primary N) is 1. The molecule has 9 heteroatoms. The predicted molar refractivity (Wildman–Crippen MR) is 152 cm³/mol. The van der Waals surface area contributed by atoms with E-state index in [2.05, 4.69) is 19.2 Å². The highest BCUT2D eigenvalue weighted by Gasteiger charge is 2.31. The number of benzene rings is 2. The molecular formula is C31H44F3N3O3. The molecule has 0 fully saturated rings. The second-order valence-corrected chi connectivity index (χ2v) is 10.8. The molecule has 0 saturated heterocycles. The van der Waals surface area contributed by atoms with Crippen molar-refractivity contribution in [3.8, 4) is 0 Å². The third-order valence-electron chi connectivity index (χ3n) is 6.54. The number of hydrogen-bond donors (Lipinski definition) is 2. The maximum atomic E-state index is 13.3. The summed E-state index contributed by atoms with van der Waals surface area (Å²) in [7, 11) is 0. The van der Waals surface area contributed by atoms with Crippen LogP contribution in [0.4, 0.5) is 13.2 Å². The zero-order chi connectivity index (χ0) is 29.9. The van der Waals surface area contributed by atoms with E-state index in [1.807, 2.05) is 20.8 Å². The van der Waals surface area contributed by atoms with E-state index in [9.17, 15) is 22.8 Å². The Morgan fingerprint density at radius 2 is 1.68 bits per heavy atom. The van der Waals surface area contributed by atoms with Gasteiger partial charge in [-0.1, -0.05) is 45.9 Å². The molecule has 0 unspecified atom stereocenters. The van der Waals surface area contributed by atoms with Crippen molar-refractivity contribution in [1.29, 1.82) is 0 Å². The molecule has 222 valence electrons. The fourth-order valence-electron chi connectivity index (χ4n) is 4.46. The quantitative estimate of drug-likeness (QED) is 0.205. The number of rotatable bonds is 15. The number of nitrogens with one attached hydrogen (secondary N) is 1. The van der Waals surface area contributed by atoms with Gasteiger partial charge < -0.3 is 20.7 Å². The molecule has 0 aliphatic heterocycles. The van der Waals surface area contributed by atoms with Crippen LogP contribution in [0.3, 0.4) is 0 Å². The van der Waals surface area contributed by atoms with Crippen molar-refractivity contribution in [3.05, 3.63) is 70.3 Å². The molecule has 2 rings (SSSR count). The van der Waals surface area contributed by atoms with Crippen LogP contribution in [0.1, 0.15) is 84.4 Å². The molecule has 2 aromatic carbocycles. The van der Waals surface area contributed by atoms with E-state index in [1.165, 1.54) is 12.1 Å². The second kappa shape index (κ2) is 15.8. The fourth-order valence-corrected chi connectivity index (χ4v) is 4.46. The van der Waals surface area contributed by atoms with Gasteiger partial charge in [0.2, 0.25) is 0 Å². The summed E-state index contributed by atoms with van der Waals surface area (Å²) in [5.41, 5.74) is 7.47. The fraction of sp³-hybridized carbons (Fsp3) is 0.548. The normalized spacial score (nSPS) is 13.2.